The number of rotatable bonds is 5. The molecule has 2 aromatic rings. The summed E-state index contributed by atoms with van der Waals surface area (Å²) in [5.41, 5.74) is -0.709. The molecule has 0 radical (unpaired) electrons. The van der Waals surface area contributed by atoms with Gasteiger partial charge in [0.2, 0.25) is 5.91 Å². The SMILES string of the molecule is Cc1cc(C(C)(O)CNC(=O)C2CC2c2c(F)cccc2F)c(C)o1. The summed E-state index contributed by atoms with van der Waals surface area (Å²) in [4.78, 5) is 12.3. The van der Waals surface area contributed by atoms with E-state index in [0.29, 0.717) is 23.5 Å². The normalized spacial score (nSPS) is 21.7. The van der Waals surface area contributed by atoms with Gasteiger partial charge in [0.1, 0.15) is 28.8 Å². The van der Waals surface area contributed by atoms with E-state index in [1.807, 2.05) is 0 Å². The summed E-state index contributed by atoms with van der Waals surface area (Å²) in [7, 11) is 0. The minimum atomic E-state index is -1.29. The molecule has 6 heteroatoms. The Morgan fingerprint density at radius 2 is 2.00 bits per heavy atom. The van der Waals surface area contributed by atoms with E-state index in [9.17, 15) is 18.7 Å². The molecule has 25 heavy (non-hydrogen) atoms. The number of aryl methyl sites for hydroxylation is 2. The Morgan fingerprint density at radius 1 is 1.36 bits per heavy atom. The van der Waals surface area contributed by atoms with Crippen LogP contribution in [0, 0.1) is 31.4 Å². The quantitative estimate of drug-likeness (QED) is 0.871. The van der Waals surface area contributed by atoms with Crippen LogP contribution in [0.1, 0.15) is 41.9 Å². The smallest absolute Gasteiger partial charge is 0.223 e. The van der Waals surface area contributed by atoms with Crippen LogP contribution < -0.4 is 5.32 Å². The fourth-order valence-corrected chi connectivity index (χ4v) is 3.32. The molecule has 1 fully saturated rings. The highest BCUT2D eigenvalue weighted by Crippen LogP contribution is 2.49. The Balaban J connectivity index is 1.63. The summed E-state index contributed by atoms with van der Waals surface area (Å²) in [6.45, 7) is 5.11. The zero-order valence-electron chi connectivity index (χ0n) is 14.4. The Morgan fingerprint density at radius 3 is 2.56 bits per heavy atom. The molecule has 134 valence electrons. The molecular formula is C19H21F2NO3. The van der Waals surface area contributed by atoms with Crippen molar-refractivity contribution in [3.05, 3.63) is 58.5 Å². The Labute approximate surface area is 144 Å². The number of hydrogen-bond donors (Lipinski definition) is 2. The summed E-state index contributed by atoms with van der Waals surface area (Å²) in [5.74, 6) is -1.23. The topological polar surface area (TPSA) is 62.5 Å². The number of hydrogen-bond acceptors (Lipinski definition) is 3. The van der Waals surface area contributed by atoms with Crippen molar-refractivity contribution in [1.82, 2.24) is 5.32 Å². The molecule has 1 heterocycles. The highest BCUT2D eigenvalue weighted by Gasteiger charge is 2.47. The molecule has 0 bridgehead atoms. The van der Waals surface area contributed by atoms with Crippen LogP contribution >= 0.6 is 0 Å². The molecule has 1 saturated carbocycles. The Kier molecular flexibility index (Phi) is 4.41. The largest absolute Gasteiger partial charge is 0.466 e. The molecule has 0 aliphatic heterocycles. The molecule has 1 aliphatic carbocycles. The maximum absolute atomic E-state index is 13.8. The second kappa shape index (κ2) is 6.26. The third-order valence-corrected chi connectivity index (χ3v) is 4.73. The second-order valence-electron chi connectivity index (χ2n) is 6.90. The van der Waals surface area contributed by atoms with Gasteiger partial charge < -0.3 is 14.8 Å². The van der Waals surface area contributed by atoms with Gasteiger partial charge in [0.25, 0.3) is 0 Å². The summed E-state index contributed by atoms with van der Waals surface area (Å²) in [6.07, 6.45) is 0.398. The number of furan rings is 1. The molecule has 1 aromatic carbocycles. The average molecular weight is 349 g/mol. The molecule has 1 aromatic heterocycles. The standard InChI is InChI=1S/C19H21F2NO3/c1-10-7-14(11(2)25-10)19(3,24)9-22-18(23)13-8-12(13)17-15(20)5-4-6-16(17)21/h4-7,12-13,24H,8-9H2,1-3H3,(H,22,23). The van der Waals surface area contributed by atoms with E-state index < -0.39 is 29.1 Å². The van der Waals surface area contributed by atoms with Gasteiger partial charge in [0, 0.05) is 23.0 Å². The van der Waals surface area contributed by atoms with Gasteiger partial charge in [-0.3, -0.25) is 4.79 Å². The van der Waals surface area contributed by atoms with Crippen LogP contribution in [0.15, 0.2) is 28.7 Å². The first-order valence-electron chi connectivity index (χ1n) is 8.22. The predicted molar refractivity (Wildman–Crippen MR) is 88.0 cm³/mol. The highest BCUT2D eigenvalue weighted by atomic mass is 19.1. The lowest BCUT2D eigenvalue weighted by Gasteiger charge is -2.23. The van der Waals surface area contributed by atoms with Crippen LogP contribution in [-0.2, 0) is 10.4 Å². The fourth-order valence-electron chi connectivity index (χ4n) is 3.32. The van der Waals surface area contributed by atoms with E-state index in [1.165, 1.54) is 18.2 Å². The minimum Gasteiger partial charge on any atom is -0.466 e. The predicted octanol–water partition coefficient (Wildman–Crippen LogP) is 3.30. The summed E-state index contributed by atoms with van der Waals surface area (Å²) >= 11 is 0. The van der Waals surface area contributed by atoms with Crippen molar-refractivity contribution in [1.29, 1.82) is 0 Å². The number of carbonyl (C=O) groups is 1. The number of halogens is 2. The van der Waals surface area contributed by atoms with E-state index in [1.54, 1.807) is 26.8 Å². The van der Waals surface area contributed by atoms with Gasteiger partial charge in [-0.25, -0.2) is 8.78 Å². The fraction of sp³-hybridized carbons (Fsp3) is 0.421. The van der Waals surface area contributed by atoms with Gasteiger partial charge in [0.15, 0.2) is 0 Å². The second-order valence-corrected chi connectivity index (χ2v) is 6.90. The maximum atomic E-state index is 13.8. The van der Waals surface area contributed by atoms with Gasteiger partial charge >= 0.3 is 0 Å². The van der Waals surface area contributed by atoms with Crippen molar-refractivity contribution in [2.75, 3.05) is 6.54 Å². The number of aliphatic hydroxyl groups is 1. The van der Waals surface area contributed by atoms with Crippen molar-refractivity contribution >= 4 is 5.91 Å². The summed E-state index contributed by atoms with van der Waals surface area (Å²) in [6, 6.07) is 5.43. The molecule has 0 spiro atoms. The van der Waals surface area contributed by atoms with Crippen molar-refractivity contribution in [3.63, 3.8) is 0 Å². The van der Waals surface area contributed by atoms with E-state index in [0.717, 1.165) is 0 Å². The lowest BCUT2D eigenvalue weighted by molar-refractivity contribution is -0.123. The molecule has 0 saturated heterocycles. The van der Waals surface area contributed by atoms with Crippen molar-refractivity contribution in [3.8, 4) is 0 Å². The first kappa shape index (κ1) is 17.6. The van der Waals surface area contributed by atoms with E-state index in [4.69, 9.17) is 4.42 Å². The molecule has 3 rings (SSSR count). The van der Waals surface area contributed by atoms with Crippen molar-refractivity contribution in [2.45, 2.75) is 38.7 Å². The number of benzene rings is 1. The van der Waals surface area contributed by atoms with Crippen LogP contribution in [0.2, 0.25) is 0 Å². The molecule has 2 N–H and O–H groups in total. The third-order valence-electron chi connectivity index (χ3n) is 4.73. The molecule has 1 aliphatic rings. The van der Waals surface area contributed by atoms with Gasteiger partial charge in [-0.05, 0) is 45.4 Å². The molecule has 3 atom stereocenters. The van der Waals surface area contributed by atoms with Gasteiger partial charge in [-0.1, -0.05) is 6.07 Å². The maximum Gasteiger partial charge on any atom is 0.223 e. The van der Waals surface area contributed by atoms with Crippen molar-refractivity contribution < 1.29 is 23.1 Å². The number of carbonyl (C=O) groups excluding carboxylic acids is 1. The summed E-state index contributed by atoms with van der Waals surface area (Å²) < 4.78 is 33.0. The lowest BCUT2D eigenvalue weighted by Crippen LogP contribution is -2.39. The molecular weight excluding hydrogens is 328 g/mol. The first-order valence-corrected chi connectivity index (χ1v) is 8.22. The third kappa shape index (κ3) is 3.44. The Bertz CT molecular complexity index is 793. The van der Waals surface area contributed by atoms with Crippen LogP contribution in [0.25, 0.3) is 0 Å². The van der Waals surface area contributed by atoms with E-state index in [2.05, 4.69) is 5.32 Å². The Hall–Kier alpha value is -2.21. The monoisotopic (exact) mass is 349 g/mol. The lowest BCUT2D eigenvalue weighted by atomic mass is 9.96. The van der Waals surface area contributed by atoms with E-state index in [-0.39, 0.29) is 18.0 Å². The molecule has 4 nitrogen and oxygen atoms in total. The van der Waals surface area contributed by atoms with Crippen LogP contribution in [0.3, 0.4) is 0 Å². The number of amides is 1. The van der Waals surface area contributed by atoms with Gasteiger partial charge in [0.05, 0.1) is 6.54 Å². The van der Waals surface area contributed by atoms with Gasteiger partial charge in [-0.2, -0.15) is 0 Å². The van der Waals surface area contributed by atoms with Crippen LogP contribution in [0.4, 0.5) is 8.78 Å². The van der Waals surface area contributed by atoms with Crippen molar-refractivity contribution in [2.24, 2.45) is 5.92 Å². The summed E-state index contributed by atoms with van der Waals surface area (Å²) in [5, 5.41) is 13.3. The van der Waals surface area contributed by atoms with E-state index >= 15 is 0 Å². The zero-order valence-corrected chi connectivity index (χ0v) is 14.4. The first-order chi connectivity index (χ1) is 11.7. The minimum absolute atomic E-state index is 0.00534. The van der Waals surface area contributed by atoms with Crippen LogP contribution in [-0.4, -0.2) is 17.6 Å². The van der Waals surface area contributed by atoms with Gasteiger partial charge in [-0.15, -0.1) is 0 Å². The van der Waals surface area contributed by atoms with Crippen LogP contribution in [0.5, 0.6) is 0 Å². The zero-order chi connectivity index (χ0) is 18.4. The highest BCUT2D eigenvalue weighted by molar-refractivity contribution is 5.83. The number of nitrogens with one attached hydrogen (secondary N) is 1. The molecule has 1 amide bonds. The molecule has 3 unspecified atom stereocenters. The average Bonchev–Trinajstić information content (AvgIpc) is 3.22.